The predicted octanol–water partition coefficient (Wildman–Crippen LogP) is 1.24. The monoisotopic (exact) mass is 367 g/mol. The van der Waals surface area contributed by atoms with Gasteiger partial charge in [0.05, 0.1) is 18.2 Å². The molecule has 1 saturated heterocycles. The van der Waals surface area contributed by atoms with Crippen molar-refractivity contribution in [3.63, 3.8) is 0 Å². The smallest absolute Gasteiger partial charge is 0.326 e. The van der Waals surface area contributed by atoms with Crippen molar-refractivity contribution in [3.05, 3.63) is 66.0 Å². The van der Waals surface area contributed by atoms with Gasteiger partial charge in [0.15, 0.2) is 0 Å². The fourth-order valence-electron chi connectivity index (χ4n) is 3.13. The van der Waals surface area contributed by atoms with E-state index >= 15 is 0 Å². The average molecular weight is 367 g/mol. The second-order valence-electron chi connectivity index (χ2n) is 6.59. The van der Waals surface area contributed by atoms with Crippen LogP contribution in [-0.4, -0.2) is 45.4 Å². The number of rotatable bonds is 7. The highest BCUT2D eigenvalue weighted by Crippen LogP contribution is 2.20. The number of hydrogen-bond acceptors (Lipinski definition) is 4. The highest BCUT2D eigenvalue weighted by molar-refractivity contribution is 5.91. The van der Waals surface area contributed by atoms with Gasteiger partial charge in [-0.1, -0.05) is 36.4 Å². The van der Waals surface area contributed by atoms with Crippen LogP contribution in [0.5, 0.6) is 0 Å². The molecule has 2 heterocycles. The number of likely N-dealkylation sites (tertiary alicyclic amines) is 1. The normalized spacial score (nSPS) is 17.6. The van der Waals surface area contributed by atoms with Crippen LogP contribution in [0, 0.1) is 5.92 Å². The second-order valence-corrected chi connectivity index (χ2v) is 6.59. The zero-order valence-electron chi connectivity index (χ0n) is 14.7. The lowest BCUT2D eigenvalue weighted by molar-refractivity contribution is -0.142. The van der Waals surface area contributed by atoms with Crippen LogP contribution < -0.4 is 5.32 Å². The molecule has 7 heteroatoms. The number of carboxylic acids is 1. The molecule has 0 unspecified atom stereocenters. The number of aliphatic carboxylic acids is 1. The number of amides is 2. The SMILES string of the molecule is O=C(N[C@@H](Cc1ccccc1)C(=O)O)[C@H]1CC(=O)N(Cc2ccccn2)C1. The summed E-state index contributed by atoms with van der Waals surface area (Å²) in [6.45, 7) is 0.606. The molecule has 27 heavy (non-hydrogen) atoms. The highest BCUT2D eigenvalue weighted by Gasteiger charge is 2.36. The van der Waals surface area contributed by atoms with Gasteiger partial charge in [-0.3, -0.25) is 14.6 Å². The number of hydrogen-bond donors (Lipinski definition) is 2. The molecule has 0 spiro atoms. The van der Waals surface area contributed by atoms with Crippen molar-refractivity contribution in [2.24, 2.45) is 5.92 Å². The first-order chi connectivity index (χ1) is 13.0. The maximum Gasteiger partial charge on any atom is 0.326 e. The van der Waals surface area contributed by atoms with Gasteiger partial charge in [-0.25, -0.2) is 4.79 Å². The third-order valence-corrected chi connectivity index (χ3v) is 4.56. The molecule has 140 valence electrons. The molecule has 1 aliphatic rings. The van der Waals surface area contributed by atoms with E-state index in [4.69, 9.17) is 0 Å². The summed E-state index contributed by atoms with van der Waals surface area (Å²) in [5, 5.41) is 12.0. The topological polar surface area (TPSA) is 99.6 Å². The van der Waals surface area contributed by atoms with Crippen LogP contribution in [-0.2, 0) is 27.3 Å². The Labute approximate surface area is 157 Å². The van der Waals surface area contributed by atoms with Gasteiger partial charge in [0.1, 0.15) is 6.04 Å². The average Bonchev–Trinajstić information content (AvgIpc) is 3.03. The Balaban J connectivity index is 1.59. The van der Waals surface area contributed by atoms with Crippen molar-refractivity contribution in [1.82, 2.24) is 15.2 Å². The third kappa shape index (κ3) is 4.91. The van der Waals surface area contributed by atoms with E-state index in [1.54, 1.807) is 17.2 Å². The molecule has 2 N–H and O–H groups in total. The van der Waals surface area contributed by atoms with Gasteiger partial charge in [-0.05, 0) is 17.7 Å². The Hall–Kier alpha value is -3.22. The molecule has 1 aromatic carbocycles. The van der Waals surface area contributed by atoms with Crippen molar-refractivity contribution in [2.45, 2.75) is 25.4 Å². The number of pyridine rings is 1. The van der Waals surface area contributed by atoms with Crippen molar-refractivity contribution in [2.75, 3.05) is 6.54 Å². The van der Waals surface area contributed by atoms with Gasteiger partial charge in [-0.15, -0.1) is 0 Å². The summed E-state index contributed by atoms with van der Waals surface area (Å²) in [6.07, 6.45) is 1.93. The Bertz CT molecular complexity index is 810. The minimum absolute atomic E-state index is 0.0797. The summed E-state index contributed by atoms with van der Waals surface area (Å²) in [5.41, 5.74) is 1.57. The van der Waals surface area contributed by atoms with Crippen LogP contribution in [0.3, 0.4) is 0 Å². The molecule has 7 nitrogen and oxygen atoms in total. The number of nitrogens with one attached hydrogen (secondary N) is 1. The van der Waals surface area contributed by atoms with Crippen LogP contribution in [0.4, 0.5) is 0 Å². The standard InChI is InChI=1S/C20H21N3O4/c24-18-11-15(12-23(18)13-16-8-4-5-9-21-16)19(25)22-17(20(26)27)10-14-6-2-1-3-7-14/h1-9,15,17H,10-13H2,(H,22,25)(H,26,27)/t15-,17-/m0/s1. The van der Waals surface area contributed by atoms with E-state index in [1.165, 1.54) is 0 Å². The van der Waals surface area contributed by atoms with Gasteiger partial charge < -0.3 is 15.3 Å². The van der Waals surface area contributed by atoms with Crippen LogP contribution in [0.15, 0.2) is 54.7 Å². The van der Waals surface area contributed by atoms with Gasteiger partial charge in [0.25, 0.3) is 0 Å². The number of aromatic nitrogens is 1. The number of carbonyl (C=O) groups excluding carboxylic acids is 2. The fraction of sp³-hybridized carbons (Fsp3) is 0.300. The maximum absolute atomic E-state index is 12.5. The Morgan fingerprint density at radius 3 is 2.59 bits per heavy atom. The summed E-state index contributed by atoms with van der Waals surface area (Å²) in [4.78, 5) is 42.0. The van der Waals surface area contributed by atoms with E-state index in [-0.39, 0.29) is 25.3 Å². The molecule has 2 aromatic rings. The quantitative estimate of drug-likeness (QED) is 0.767. The molecule has 0 radical (unpaired) electrons. The summed E-state index contributed by atoms with van der Waals surface area (Å²) >= 11 is 0. The maximum atomic E-state index is 12.5. The number of nitrogens with zero attached hydrogens (tertiary/aromatic N) is 2. The summed E-state index contributed by atoms with van der Waals surface area (Å²) in [5.74, 6) is -2.19. The van der Waals surface area contributed by atoms with E-state index in [1.807, 2.05) is 42.5 Å². The first-order valence-corrected chi connectivity index (χ1v) is 8.77. The minimum Gasteiger partial charge on any atom is -0.480 e. The van der Waals surface area contributed by atoms with E-state index in [9.17, 15) is 19.5 Å². The number of carbonyl (C=O) groups is 3. The van der Waals surface area contributed by atoms with Gasteiger partial charge >= 0.3 is 5.97 Å². The lowest BCUT2D eigenvalue weighted by atomic mass is 10.0. The van der Waals surface area contributed by atoms with Crippen molar-refractivity contribution in [1.29, 1.82) is 0 Å². The summed E-state index contributed by atoms with van der Waals surface area (Å²) in [7, 11) is 0. The predicted molar refractivity (Wildman–Crippen MR) is 97.5 cm³/mol. The number of benzene rings is 1. The van der Waals surface area contributed by atoms with E-state index in [2.05, 4.69) is 10.3 Å². The van der Waals surface area contributed by atoms with Crippen LogP contribution in [0.1, 0.15) is 17.7 Å². The zero-order chi connectivity index (χ0) is 19.2. The Kier molecular flexibility index (Phi) is 5.80. The van der Waals surface area contributed by atoms with Gasteiger partial charge in [0, 0.05) is 25.6 Å². The molecular formula is C20H21N3O4. The molecule has 1 fully saturated rings. The largest absolute Gasteiger partial charge is 0.480 e. The third-order valence-electron chi connectivity index (χ3n) is 4.56. The molecule has 0 aliphatic carbocycles. The van der Waals surface area contributed by atoms with Crippen molar-refractivity contribution < 1.29 is 19.5 Å². The lowest BCUT2D eigenvalue weighted by Crippen LogP contribution is -2.45. The molecule has 1 aliphatic heterocycles. The highest BCUT2D eigenvalue weighted by atomic mass is 16.4. The van der Waals surface area contributed by atoms with Crippen molar-refractivity contribution in [3.8, 4) is 0 Å². The fourth-order valence-corrected chi connectivity index (χ4v) is 3.13. The van der Waals surface area contributed by atoms with E-state index in [0.717, 1.165) is 11.3 Å². The second kappa shape index (κ2) is 8.44. The minimum atomic E-state index is -1.10. The van der Waals surface area contributed by atoms with Crippen LogP contribution in [0.25, 0.3) is 0 Å². The summed E-state index contributed by atoms with van der Waals surface area (Å²) < 4.78 is 0. The molecule has 0 saturated carbocycles. The van der Waals surface area contributed by atoms with E-state index in [0.29, 0.717) is 6.54 Å². The lowest BCUT2D eigenvalue weighted by Gasteiger charge is -2.18. The first kappa shape index (κ1) is 18.6. The molecule has 0 bridgehead atoms. The molecule has 2 atom stereocenters. The van der Waals surface area contributed by atoms with E-state index < -0.39 is 23.8 Å². The Morgan fingerprint density at radius 1 is 1.19 bits per heavy atom. The summed E-state index contributed by atoms with van der Waals surface area (Å²) in [6, 6.07) is 13.5. The number of carboxylic acid groups (broad SMARTS) is 1. The van der Waals surface area contributed by atoms with Crippen molar-refractivity contribution >= 4 is 17.8 Å². The molecular weight excluding hydrogens is 346 g/mol. The van der Waals surface area contributed by atoms with Crippen LogP contribution in [0.2, 0.25) is 0 Å². The molecule has 3 rings (SSSR count). The first-order valence-electron chi connectivity index (χ1n) is 8.77. The van der Waals surface area contributed by atoms with Crippen LogP contribution >= 0.6 is 0 Å². The Morgan fingerprint density at radius 2 is 1.93 bits per heavy atom. The van der Waals surface area contributed by atoms with Gasteiger partial charge in [-0.2, -0.15) is 0 Å². The molecule has 1 aromatic heterocycles. The van der Waals surface area contributed by atoms with Gasteiger partial charge in [0.2, 0.25) is 11.8 Å². The molecule has 2 amide bonds. The zero-order valence-corrected chi connectivity index (χ0v) is 14.7.